The molecule has 2 aliphatic heterocycles. The van der Waals surface area contributed by atoms with Gasteiger partial charge in [0.05, 0.1) is 18.4 Å². The Kier molecular flexibility index (Phi) is 4.20. The summed E-state index contributed by atoms with van der Waals surface area (Å²) in [5, 5.41) is 7.00. The van der Waals surface area contributed by atoms with Gasteiger partial charge in [-0.15, -0.1) is 0 Å². The third-order valence-corrected chi connectivity index (χ3v) is 5.13. The molecule has 0 saturated heterocycles. The van der Waals surface area contributed by atoms with Crippen LogP contribution in [0.15, 0.2) is 78.0 Å². The molecule has 2 aromatic carbocycles. The number of rotatable bonds is 4. The van der Waals surface area contributed by atoms with E-state index in [0.717, 1.165) is 40.5 Å². The van der Waals surface area contributed by atoms with Crippen LogP contribution >= 0.6 is 0 Å². The minimum absolute atomic E-state index is 0.0892. The normalized spacial score (nSPS) is 20.0. The van der Waals surface area contributed by atoms with Gasteiger partial charge in [0.25, 0.3) is 0 Å². The van der Waals surface area contributed by atoms with Crippen LogP contribution in [0.1, 0.15) is 42.4 Å². The number of hydrogen-bond acceptors (Lipinski definition) is 5. The molecular formula is C23H21N3O2. The third kappa shape index (κ3) is 2.80. The topological polar surface area (TPSA) is 47.0 Å². The maximum absolute atomic E-state index is 6.43. The summed E-state index contributed by atoms with van der Waals surface area (Å²) in [5.41, 5.74) is 4.14. The van der Waals surface area contributed by atoms with Crippen molar-refractivity contribution in [1.82, 2.24) is 9.99 Å². The Morgan fingerprint density at radius 2 is 1.89 bits per heavy atom. The molecule has 28 heavy (non-hydrogen) atoms. The van der Waals surface area contributed by atoms with E-state index in [4.69, 9.17) is 14.6 Å². The zero-order valence-corrected chi connectivity index (χ0v) is 15.7. The van der Waals surface area contributed by atoms with Gasteiger partial charge in [-0.1, -0.05) is 48.5 Å². The summed E-state index contributed by atoms with van der Waals surface area (Å²) in [7, 11) is 0. The largest absolute Gasteiger partial charge is 0.490 e. The summed E-state index contributed by atoms with van der Waals surface area (Å²) in [6.07, 6.45) is 2.22. The van der Waals surface area contributed by atoms with Crippen LogP contribution < -0.4 is 9.47 Å². The van der Waals surface area contributed by atoms with E-state index in [-0.39, 0.29) is 12.3 Å². The first-order chi connectivity index (χ1) is 13.8. The number of para-hydroxylation sites is 1. The molecule has 5 rings (SSSR count). The second kappa shape index (κ2) is 7.00. The summed E-state index contributed by atoms with van der Waals surface area (Å²) < 4.78 is 12.3. The van der Waals surface area contributed by atoms with E-state index >= 15 is 0 Å². The summed E-state index contributed by atoms with van der Waals surface area (Å²) in [4.78, 5) is 4.53. The fourth-order valence-electron chi connectivity index (χ4n) is 3.88. The first kappa shape index (κ1) is 16.8. The molecule has 0 unspecified atom stereocenters. The monoisotopic (exact) mass is 371 g/mol. The van der Waals surface area contributed by atoms with Crippen molar-refractivity contribution in [2.45, 2.75) is 25.6 Å². The quantitative estimate of drug-likeness (QED) is 0.666. The molecule has 0 amide bonds. The Balaban J connectivity index is 1.62. The van der Waals surface area contributed by atoms with E-state index in [0.29, 0.717) is 6.61 Å². The van der Waals surface area contributed by atoms with Gasteiger partial charge in [0.2, 0.25) is 6.23 Å². The van der Waals surface area contributed by atoms with E-state index < -0.39 is 0 Å². The van der Waals surface area contributed by atoms with Crippen LogP contribution in [0.4, 0.5) is 0 Å². The predicted molar refractivity (Wildman–Crippen MR) is 107 cm³/mol. The lowest BCUT2D eigenvalue weighted by atomic mass is 9.96. The van der Waals surface area contributed by atoms with Crippen LogP contribution in [0.5, 0.6) is 11.5 Å². The van der Waals surface area contributed by atoms with Gasteiger partial charge in [-0.2, -0.15) is 5.10 Å². The first-order valence-electron chi connectivity index (χ1n) is 9.59. The zero-order chi connectivity index (χ0) is 18.9. The highest BCUT2D eigenvalue weighted by molar-refractivity contribution is 6.01. The molecule has 5 heteroatoms. The van der Waals surface area contributed by atoms with E-state index in [9.17, 15) is 0 Å². The van der Waals surface area contributed by atoms with Gasteiger partial charge in [0.15, 0.2) is 11.5 Å². The van der Waals surface area contributed by atoms with Crippen LogP contribution in [0.25, 0.3) is 0 Å². The van der Waals surface area contributed by atoms with Gasteiger partial charge in [0, 0.05) is 18.2 Å². The Morgan fingerprint density at radius 3 is 2.68 bits per heavy atom. The van der Waals surface area contributed by atoms with Gasteiger partial charge in [0.1, 0.15) is 5.69 Å². The number of aromatic nitrogens is 1. The predicted octanol–water partition coefficient (Wildman–Crippen LogP) is 4.72. The molecule has 0 fully saturated rings. The molecule has 3 aromatic rings. The molecule has 0 aliphatic carbocycles. The van der Waals surface area contributed by atoms with E-state index in [1.54, 1.807) is 6.20 Å². The third-order valence-electron chi connectivity index (χ3n) is 5.13. The molecule has 3 heterocycles. The second-order valence-corrected chi connectivity index (χ2v) is 6.84. The fraction of sp³-hybridized carbons (Fsp3) is 0.217. The van der Waals surface area contributed by atoms with Crippen molar-refractivity contribution in [2.75, 3.05) is 6.61 Å². The lowest BCUT2D eigenvalue weighted by Crippen LogP contribution is -2.34. The van der Waals surface area contributed by atoms with Crippen molar-refractivity contribution >= 4 is 5.71 Å². The highest BCUT2D eigenvalue weighted by atomic mass is 16.5. The summed E-state index contributed by atoms with van der Waals surface area (Å²) >= 11 is 0. The zero-order valence-electron chi connectivity index (χ0n) is 15.7. The van der Waals surface area contributed by atoms with Crippen molar-refractivity contribution in [3.8, 4) is 11.5 Å². The van der Waals surface area contributed by atoms with E-state index in [1.807, 2.05) is 60.5 Å². The van der Waals surface area contributed by atoms with Crippen molar-refractivity contribution in [2.24, 2.45) is 5.10 Å². The van der Waals surface area contributed by atoms with Crippen molar-refractivity contribution < 1.29 is 9.47 Å². The molecule has 0 radical (unpaired) electrons. The first-order valence-corrected chi connectivity index (χ1v) is 9.59. The standard InChI is InChI=1S/C23H21N3O2/c1-2-27-21-13-8-11-17-20-15-19(16-9-4-3-5-10-16)25-26(20)23(28-22(17)21)18-12-6-7-14-24-18/h3-14,20,23H,2,15H2,1H3/t20-,23-/m1/s1. The number of hydrogen-bond donors (Lipinski definition) is 0. The van der Waals surface area contributed by atoms with Gasteiger partial charge in [-0.25, -0.2) is 5.01 Å². The Hall–Kier alpha value is -3.34. The number of hydrazone groups is 1. The number of fused-ring (bicyclic) bond motifs is 3. The van der Waals surface area contributed by atoms with Crippen molar-refractivity contribution in [1.29, 1.82) is 0 Å². The average Bonchev–Trinajstić information content (AvgIpc) is 3.21. The molecular weight excluding hydrogens is 350 g/mol. The average molecular weight is 371 g/mol. The summed E-state index contributed by atoms with van der Waals surface area (Å²) in [5.74, 6) is 1.57. The molecule has 0 bridgehead atoms. The Bertz CT molecular complexity index is 1000. The summed E-state index contributed by atoms with van der Waals surface area (Å²) in [6.45, 7) is 2.57. The number of nitrogens with zero attached hydrogens (tertiary/aromatic N) is 3. The van der Waals surface area contributed by atoms with E-state index in [1.165, 1.54) is 0 Å². The van der Waals surface area contributed by atoms with Crippen molar-refractivity contribution in [3.05, 3.63) is 89.7 Å². The van der Waals surface area contributed by atoms with E-state index in [2.05, 4.69) is 23.2 Å². The molecule has 0 spiro atoms. The van der Waals surface area contributed by atoms with Crippen LogP contribution in [-0.4, -0.2) is 22.3 Å². The van der Waals surface area contributed by atoms with Gasteiger partial charge in [-0.05, 0) is 30.7 Å². The number of benzene rings is 2. The van der Waals surface area contributed by atoms with Crippen LogP contribution in [-0.2, 0) is 0 Å². The fourth-order valence-corrected chi connectivity index (χ4v) is 3.88. The number of pyridine rings is 1. The van der Waals surface area contributed by atoms with Crippen LogP contribution in [0.2, 0.25) is 0 Å². The molecule has 140 valence electrons. The molecule has 2 aliphatic rings. The second-order valence-electron chi connectivity index (χ2n) is 6.84. The Morgan fingerprint density at radius 1 is 1.04 bits per heavy atom. The smallest absolute Gasteiger partial charge is 0.230 e. The molecule has 5 nitrogen and oxygen atoms in total. The maximum atomic E-state index is 6.43. The lowest BCUT2D eigenvalue weighted by molar-refractivity contribution is -0.0240. The van der Waals surface area contributed by atoms with Crippen LogP contribution in [0.3, 0.4) is 0 Å². The number of ether oxygens (including phenoxy) is 2. The molecule has 2 atom stereocenters. The minimum Gasteiger partial charge on any atom is -0.490 e. The maximum Gasteiger partial charge on any atom is 0.230 e. The van der Waals surface area contributed by atoms with Crippen molar-refractivity contribution in [3.63, 3.8) is 0 Å². The minimum atomic E-state index is -0.387. The highest BCUT2D eigenvalue weighted by Gasteiger charge is 2.42. The SMILES string of the molecule is CCOc1cccc2c1O[C@H](c1ccccn1)N1N=C(c3ccccc3)C[C@H]21. The molecule has 0 N–H and O–H groups in total. The highest BCUT2D eigenvalue weighted by Crippen LogP contribution is 2.50. The van der Waals surface area contributed by atoms with Gasteiger partial charge >= 0.3 is 0 Å². The van der Waals surface area contributed by atoms with Gasteiger partial charge < -0.3 is 9.47 Å². The molecule has 1 aromatic heterocycles. The molecule has 0 saturated carbocycles. The summed E-state index contributed by atoms with van der Waals surface area (Å²) in [6, 6.07) is 22.4. The van der Waals surface area contributed by atoms with Gasteiger partial charge in [-0.3, -0.25) is 4.98 Å². The van der Waals surface area contributed by atoms with Crippen LogP contribution in [0, 0.1) is 0 Å². The Labute approximate surface area is 164 Å². The lowest BCUT2D eigenvalue weighted by Gasteiger charge is -2.38.